The van der Waals surface area contributed by atoms with Crippen molar-refractivity contribution in [1.82, 2.24) is 9.80 Å². The number of ether oxygens (including phenoxy) is 1. The second-order valence-corrected chi connectivity index (χ2v) is 5.12. The summed E-state index contributed by atoms with van der Waals surface area (Å²) in [6, 6.07) is 8.42. The number of methoxy groups -OCH3 is 1. The summed E-state index contributed by atoms with van der Waals surface area (Å²) in [7, 11) is 7.65. The van der Waals surface area contributed by atoms with E-state index in [1.807, 2.05) is 33.3 Å². The first-order valence-electron chi connectivity index (χ1n) is 6.68. The molecule has 0 amide bonds. The standard InChI is InChI=1S/C15H23N3O.HI/c1-16-15(17(2)3)18-10-9-13(11-18)12-5-7-14(19-4)8-6-12;/h5-8,13H,9-11H2,1-4H3;1H. The van der Waals surface area contributed by atoms with E-state index in [-0.39, 0.29) is 24.0 Å². The Morgan fingerprint density at radius 1 is 1.30 bits per heavy atom. The van der Waals surface area contributed by atoms with Crippen LogP contribution in [-0.4, -0.2) is 57.1 Å². The smallest absolute Gasteiger partial charge is 0.195 e. The highest BCUT2D eigenvalue weighted by Crippen LogP contribution is 2.28. The van der Waals surface area contributed by atoms with E-state index < -0.39 is 0 Å². The summed E-state index contributed by atoms with van der Waals surface area (Å²) in [4.78, 5) is 8.81. The molecule has 1 aromatic carbocycles. The van der Waals surface area contributed by atoms with Gasteiger partial charge in [-0.25, -0.2) is 0 Å². The highest BCUT2D eigenvalue weighted by Gasteiger charge is 2.26. The van der Waals surface area contributed by atoms with Crippen molar-refractivity contribution in [3.8, 4) is 5.75 Å². The minimum atomic E-state index is 0. The summed E-state index contributed by atoms with van der Waals surface area (Å²) in [6.07, 6.45) is 1.18. The van der Waals surface area contributed by atoms with Crippen LogP contribution in [-0.2, 0) is 0 Å². The molecule has 1 saturated heterocycles. The van der Waals surface area contributed by atoms with Gasteiger partial charge in [-0.05, 0) is 24.1 Å². The SMILES string of the molecule is CN=C(N(C)C)N1CCC(c2ccc(OC)cc2)C1.I. The van der Waals surface area contributed by atoms with Gasteiger partial charge in [-0.1, -0.05) is 12.1 Å². The molecule has 1 heterocycles. The lowest BCUT2D eigenvalue weighted by atomic mass is 9.98. The predicted molar refractivity (Wildman–Crippen MR) is 94.4 cm³/mol. The molecule has 0 spiro atoms. The average Bonchev–Trinajstić information content (AvgIpc) is 2.89. The van der Waals surface area contributed by atoms with Crippen LogP contribution in [0.15, 0.2) is 29.3 Å². The Bertz CT molecular complexity index is 445. The molecule has 1 aliphatic heterocycles. The van der Waals surface area contributed by atoms with Crippen molar-refractivity contribution in [2.24, 2.45) is 4.99 Å². The molecule has 1 atom stereocenters. The van der Waals surface area contributed by atoms with Crippen molar-refractivity contribution in [1.29, 1.82) is 0 Å². The Hall–Kier alpha value is -0.980. The highest BCUT2D eigenvalue weighted by molar-refractivity contribution is 14.0. The van der Waals surface area contributed by atoms with Crippen LogP contribution >= 0.6 is 24.0 Å². The molecule has 1 unspecified atom stereocenters. The topological polar surface area (TPSA) is 28.1 Å². The fraction of sp³-hybridized carbons (Fsp3) is 0.533. The van der Waals surface area contributed by atoms with Crippen molar-refractivity contribution in [2.45, 2.75) is 12.3 Å². The van der Waals surface area contributed by atoms with Gasteiger partial charge in [0.1, 0.15) is 5.75 Å². The van der Waals surface area contributed by atoms with Crippen LogP contribution in [0.1, 0.15) is 17.9 Å². The third-order valence-corrected chi connectivity index (χ3v) is 3.66. The van der Waals surface area contributed by atoms with Crippen LogP contribution in [0.3, 0.4) is 0 Å². The highest BCUT2D eigenvalue weighted by atomic mass is 127. The molecule has 4 nitrogen and oxygen atoms in total. The summed E-state index contributed by atoms with van der Waals surface area (Å²) < 4.78 is 5.20. The Morgan fingerprint density at radius 2 is 1.95 bits per heavy atom. The normalized spacial score (nSPS) is 18.7. The number of guanidine groups is 1. The van der Waals surface area contributed by atoms with E-state index in [0.717, 1.165) is 24.8 Å². The molecule has 0 radical (unpaired) electrons. The van der Waals surface area contributed by atoms with Crippen LogP contribution in [0.25, 0.3) is 0 Å². The summed E-state index contributed by atoms with van der Waals surface area (Å²) >= 11 is 0. The van der Waals surface area contributed by atoms with Crippen molar-refractivity contribution in [2.75, 3.05) is 41.3 Å². The van der Waals surface area contributed by atoms with Gasteiger partial charge in [0.2, 0.25) is 0 Å². The van der Waals surface area contributed by atoms with Gasteiger partial charge in [0.15, 0.2) is 5.96 Å². The van der Waals surface area contributed by atoms with Gasteiger partial charge < -0.3 is 14.5 Å². The Labute approximate surface area is 138 Å². The van der Waals surface area contributed by atoms with Crippen molar-refractivity contribution in [3.05, 3.63) is 29.8 Å². The number of hydrogen-bond donors (Lipinski definition) is 0. The minimum Gasteiger partial charge on any atom is -0.497 e. The minimum absolute atomic E-state index is 0. The first-order chi connectivity index (χ1) is 9.15. The number of benzene rings is 1. The molecule has 0 saturated carbocycles. The van der Waals surface area contributed by atoms with Crippen LogP contribution in [0.2, 0.25) is 0 Å². The first-order valence-corrected chi connectivity index (χ1v) is 6.68. The summed E-state index contributed by atoms with van der Waals surface area (Å²) in [5, 5.41) is 0. The largest absolute Gasteiger partial charge is 0.497 e. The van der Waals surface area contributed by atoms with Crippen molar-refractivity contribution in [3.63, 3.8) is 0 Å². The maximum Gasteiger partial charge on any atom is 0.195 e. The lowest BCUT2D eigenvalue weighted by molar-refractivity contribution is 0.414. The van der Waals surface area contributed by atoms with E-state index in [4.69, 9.17) is 4.74 Å². The van der Waals surface area contributed by atoms with Crippen molar-refractivity contribution >= 4 is 29.9 Å². The molecule has 0 N–H and O–H groups in total. The number of hydrogen-bond acceptors (Lipinski definition) is 2. The number of nitrogens with zero attached hydrogens (tertiary/aromatic N) is 3. The molecule has 0 bridgehead atoms. The molecule has 2 rings (SSSR count). The lowest BCUT2D eigenvalue weighted by Gasteiger charge is -2.26. The number of likely N-dealkylation sites (tertiary alicyclic amines) is 1. The average molecular weight is 389 g/mol. The van der Waals surface area contributed by atoms with Gasteiger partial charge in [0.25, 0.3) is 0 Å². The second kappa shape index (κ2) is 7.71. The van der Waals surface area contributed by atoms with Crippen molar-refractivity contribution < 1.29 is 4.74 Å². The van der Waals surface area contributed by atoms with Crippen LogP contribution in [0.4, 0.5) is 0 Å². The summed E-state index contributed by atoms with van der Waals surface area (Å²) in [5.41, 5.74) is 1.39. The van der Waals surface area contributed by atoms with Gasteiger partial charge in [0.05, 0.1) is 7.11 Å². The molecule has 112 valence electrons. The first kappa shape index (κ1) is 17.1. The third-order valence-electron chi connectivity index (χ3n) is 3.66. The Morgan fingerprint density at radius 3 is 2.45 bits per heavy atom. The zero-order valence-corrected chi connectivity index (χ0v) is 15.0. The lowest BCUT2D eigenvalue weighted by Crippen LogP contribution is -2.39. The molecule has 1 aliphatic rings. The zero-order chi connectivity index (χ0) is 13.8. The van der Waals surface area contributed by atoms with E-state index in [1.54, 1.807) is 7.11 Å². The van der Waals surface area contributed by atoms with E-state index in [1.165, 1.54) is 12.0 Å². The summed E-state index contributed by atoms with van der Waals surface area (Å²) in [5.74, 6) is 2.57. The Kier molecular flexibility index (Phi) is 6.58. The monoisotopic (exact) mass is 389 g/mol. The van der Waals surface area contributed by atoms with E-state index in [9.17, 15) is 0 Å². The van der Waals surface area contributed by atoms with E-state index >= 15 is 0 Å². The van der Waals surface area contributed by atoms with Crippen LogP contribution in [0, 0.1) is 0 Å². The van der Waals surface area contributed by atoms with E-state index in [0.29, 0.717) is 5.92 Å². The molecule has 5 heteroatoms. The fourth-order valence-corrected chi connectivity index (χ4v) is 2.71. The zero-order valence-electron chi connectivity index (χ0n) is 12.7. The van der Waals surface area contributed by atoms with Gasteiger partial charge in [-0.2, -0.15) is 0 Å². The fourth-order valence-electron chi connectivity index (χ4n) is 2.71. The van der Waals surface area contributed by atoms with Crippen LogP contribution < -0.4 is 4.74 Å². The predicted octanol–water partition coefficient (Wildman–Crippen LogP) is 2.65. The number of aliphatic imine (C=N–C) groups is 1. The van der Waals surface area contributed by atoms with Gasteiger partial charge in [-0.3, -0.25) is 4.99 Å². The number of halogens is 1. The molecule has 0 aliphatic carbocycles. The van der Waals surface area contributed by atoms with Gasteiger partial charge in [-0.15, -0.1) is 24.0 Å². The second-order valence-electron chi connectivity index (χ2n) is 5.12. The summed E-state index contributed by atoms with van der Waals surface area (Å²) in [6.45, 7) is 2.11. The Balaban J connectivity index is 0.00000200. The molecule has 1 aromatic rings. The molecule has 0 aromatic heterocycles. The molecular formula is C15H24IN3O. The molecular weight excluding hydrogens is 365 g/mol. The molecule has 1 fully saturated rings. The van der Waals surface area contributed by atoms with Crippen LogP contribution in [0.5, 0.6) is 5.75 Å². The molecule has 20 heavy (non-hydrogen) atoms. The quantitative estimate of drug-likeness (QED) is 0.442. The maximum absolute atomic E-state index is 5.20. The number of rotatable bonds is 2. The third kappa shape index (κ3) is 3.77. The van der Waals surface area contributed by atoms with Gasteiger partial charge >= 0.3 is 0 Å². The van der Waals surface area contributed by atoms with Gasteiger partial charge in [0, 0.05) is 40.2 Å². The maximum atomic E-state index is 5.20. The van der Waals surface area contributed by atoms with E-state index in [2.05, 4.69) is 26.9 Å².